The van der Waals surface area contributed by atoms with Crippen LogP contribution in [0.4, 0.5) is 4.39 Å². The first kappa shape index (κ1) is 34.2. The second-order valence-corrected chi connectivity index (χ2v) is 12.4. The summed E-state index contributed by atoms with van der Waals surface area (Å²) >= 11 is 0. The monoisotopic (exact) mass is 638 g/mol. The number of nitrogens with one attached hydrogen (secondary N) is 2. The standard InChI is InChI=1S/C43H43FN2O2/c1-4-30(3)40(45)27-31(5-2)41(46)42(47)32-22-25-38(26-23-32)48-29-33-21-24-37(28-39(33)44)43(34-15-9-6-10-16-34,35-17-11-7-12-18-35)36-19-13-8-14-20-36/h6-26,28,30-31,45-46H,4-5,27,29H2,1-3H3/t30-,31+/m1/s1. The minimum atomic E-state index is -0.745. The quantitative estimate of drug-likeness (QED) is 0.0680. The number of hydrogen-bond donors (Lipinski definition) is 2. The Morgan fingerprint density at radius 3 is 1.69 bits per heavy atom. The first-order valence-corrected chi connectivity index (χ1v) is 16.7. The number of Topliss-reactive ketones (excluding diaryl/α,β-unsaturated/α-hetero) is 1. The summed E-state index contributed by atoms with van der Waals surface area (Å²) in [6.07, 6.45) is 1.91. The molecule has 0 fully saturated rings. The van der Waals surface area contributed by atoms with E-state index in [1.165, 1.54) is 0 Å². The van der Waals surface area contributed by atoms with Gasteiger partial charge in [-0.2, -0.15) is 0 Å². The van der Waals surface area contributed by atoms with E-state index < -0.39 is 5.41 Å². The van der Waals surface area contributed by atoms with Crippen molar-refractivity contribution in [3.63, 3.8) is 0 Å². The molecule has 2 atom stereocenters. The van der Waals surface area contributed by atoms with Gasteiger partial charge in [-0.15, -0.1) is 0 Å². The van der Waals surface area contributed by atoms with Gasteiger partial charge in [0.2, 0.25) is 5.78 Å². The molecule has 0 aliphatic heterocycles. The molecule has 0 heterocycles. The van der Waals surface area contributed by atoms with Crippen LogP contribution in [0, 0.1) is 28.5 Å². The van der Waals surface area contributed by atoms with Crippen molar-refractivity contribution < 1.29 is 13.9 Å². The fourth-order valence-electron chi connectivity index (χ4n) is 6.33. The Kier molecular flexibility index (Phi) is 11.1. The highest BCUT2D eigenvalue weighted by Gasteiger charge is 2.38. The van der Waals surface area contributed by atoms with E-state index in [1.54, 1.807) is 36.4 Å². The molecule has 4 nitrogen and oxygen atoms in total. The predicted molar refractivity (Wildman–Crippen MR) is 193 cm³/mol. The molecule has 0 aliphatic rings. The number of rotatable bonds is 15. The third-order valence-electron chi connectivity index (χ3n) is 9.44. The molecule has 0 aliphatic carbocycles. The number of halogens is 1. The van der Waals surface area contributed by atoms with Crippen LogP contribution in [0.15, 0.2) is 133 Å². The third-order valence-corrected chi connectivity index (χ3v) is 9.44. The molecule has 5 heteroatoms. The maximum absolute atomic E-state index is 16.0. The molecule has 0 amide bonds. The van der Waals surface area contributed by atoms with Crippen molar-refractivity contribution in [2.24, 2.45) is 11.8 Å². The lowest BCUT2D eigenvalue weighted by molar-refractivity contribution is 0.105. The summed E-state index contributed by atoms with van der Waals surface area (Å²) < 4.78 is 22.0. The normalized spacial score (nSPS) is 12.6. The number of ether oxygens (including phenoxy) is 1. The number of carbonyl (C=O) groups is 1. The van der Waals surface area contributed by atoms with Crippen molar-refractivity contribution in [3.8, 4) is 5.75 Å². The van der Waals surface area contributed by atoms with Crippen LogP contribution in [0.2, 0.25) is 0 Å². The van der Waals surface area contributed by atoms with Crippen LogP contribution >= 0.6 is 0 Å². The molecular formula is C43H43FN2O2. The molecule has 2 N–H and O–H groups in total. The van der Waals surface area contributed by atoms with Gasteiger partial charge in [0.25, 0.3) is 0 Å². The predicted octanol–water partition coefficient (Wildman–Crippen LogP) is 10.5. The topological polar surface area (TPSA) is 74.0 Å². The fraction of sp³-hybridized carbons (Fsp3) is 0.233. The van der Waals surface area contributed by atoms with Crippen LogP contribution in [-0.2, 0) is 12.0 Å². The van der Waals surface area contributed by atoms with Crippen LogP contribution in [-0.4, -0.2) is 17.2 Å². The molecule has 0 aromatic heterocycles. The van der Waals surface area contributed by atoms with Gasteiger partial charge in [-0.3, -0.25) is 4.79 Å². The zero-order chi connectivity index (χ0) is 34.1. The van der Waals surface area contributed by atoms with Gasteiger partial charge in [-0.05, 0) is 77.8 Å². The van der Waals surface area contributed by atoms with Gasteiger partial charge in [0.1, 0.15) is 18.2 Å². The second-order valence-electron chi connectivity index (χ2n) is 12.4. The maximum atomic E-state index is 16.0. The van der Waals surface area contributed by atoms with E-state index in [0.29, 0.717) is 35.4 Å². The summed E-state index contributed by atoms with van der Waals surface area (Å²) in [5.41, 5.74) is 4.59. The molecule has 0 radical (unpaired) electrons. The second kappa shape index (κ2) is 15.6. The Morgan fingerprint density at radius 1 is 0.708 bits per heavy atom. The Morgan fingerprint density at radius 2 is 1.23 bits per heavy atom. The van der Waals surface area contributed by atoms with E-state index in [1.807, 2.05) is 81.4 Å². The molecular weight excluding hydrogens is 595 g/mol. The summed E-state index contributed by atoms with van der Waals surface area (Å²) in [6.45, 7) is 6.01. The van der Waals surface area contributed by atoms with E-state index in [9.17, 15) is 4.79 Å². The van der Waals surface area contributed by atoms with Gasteiger partial charge >= 0.3 is 0 Å². The summed E-state index contributed by atoms with van der Waals surface area (Å²) in [4.78, 5) is 13.1. The molecule has 48 heavy (non-hydrogen) atoms. The smallest absolute Gasteiger partial charge is 0.206 e. The highest BCUT2D eigenvalue weighted by atomic mass is 19.1. The van der Waals surface area contributed by atoms with Gasteiger partial charge in [0.05, 0.1) is 11.1 Å². The van der Waals surface area contributed by atoms with Crippen molar-refractivity contribution in [3.05, 3.63) is 173 Å². The first-order chi connectivity index (χ1) is 23.3. The lowest BCUT2D eigenvalue weighted by Gasteiger charge is -2.37. The Labute approximate surface area is 283 Å². The average molecular weight is 639 g/mol. The van der Waals surface area contributed by atoms with Crippen molar-refractivity contribution in [2.45, 2.75) is 52.1 Å². The van der Waals surface area contributed by atoms with Gasteiger partial charge in [-0.1, -0.05) is 124 Å². The van der Waals surface area contributed by atoms with Gasteiger partial charge in [-0.25, -0.2) is 4.39 Å². The van der Waals surface area contributed by atoms with E-state index in [0.717, 1.165) is 28.7 Å². The van der Waals surface area contributed by atoms with Crippen molar-refractivity contribution >= 4 is 17.2 Å². The summed E-state index contributed by atoms with van der Waals surface area (Å²) in [7, 11) is 0. The molecule has 5 aromatic rings. The molecule has 0 unspecified atom stereocenters. The van der Waals surface area contributed by atoms with E-state index in [4.69, 9.17) is 15.6 Å². The Bertz CT molecular complexity index is 1740. The summed E-state index contributed by atoms with van der Waals surface area (Å²) in [5.74, 6) is -0.359. The zero-order valence-electron chi connectivity index (χ0n) is 27.9. The van der Waals surface area contributed by atoms with Crippen LogP contribution in [0.25, 0.3) is 0 Å². The van der Waals surface area contributed by atoms with Crippen LogP contribution in [0.5, 0.6) is 5.75 Å². The molecule has 5 rings (SSSR count). The fourth-order valence-corrected chi connectivity index (χ4v) is 6.33. The molecule has 244 valence electrons. The first-order valence-electron chi connectivity index (χ1n) is 16.7. The van der Waals surface area contributed by atoms with Crippen molar-refractivity contribution in [2.75, 3.05) is 0 Å². The Hall–Kier alpha value is -5.16. The number of benzene rings is 5. The highest BCUT2D eigenvalue weighted by Crippen LogP contribution is 2.45. The van der Waals surface area contributed by atoms with Gasteiger partial charge in [0.15, 0.2) is 0 Å². The van der Waals surface area contributed by atoms with E-state index in [2.05, 4.69) is 36.4 Å². The minimum absolute atomic E-state index is 0.0138. The van der Waals surface area contributed by atoms with Gasteiger partial charge < -0.3 is 15.6 Å². The average Bonchev–Trinajstić information content (AvgIpc) is 3.14. The molecule has 0 saturated carbocycles. The third kappa shape index (κ3) is 7.21. The highest BCUT2D eigenvalue weighted by molar-refractivity contribution is 6.45. The zero-order valence-corrected chi connectivity index (χ0v) is 27.9. The van der Waals surface area contributed by atoms with Gasteiger partial charge in [0, 0.05) is 22.8 Å². The van der Waals surface area contributed by atoms with E-state index in [-0.39, 0.29) is 35.8 Å². The van der Waals surface area contributed by atoms with Crippen molar-refractivity contribution in [1.82, 2.24) is 0 Å². The summed E-state index contributed by atoms with van der Waals surface area (Å²) in [6, 6.07) is 42.6. The molecule has 0 saturated heterocycles. The minimum Gasteiger partial charge on any atom is -0.489 e. The number of hydrogen-bond acceptors (Lipinski definition) is 4. The number of ketones is 1. The number of carbonyl (C=O) groups excluding carboxylic acids is 1. The van der Waals surface area contributed by atoms with Crippen LogP contribution < -0.4 is 4.74 Å². The van der Waals surface area contributed by atoms with E-state index >= 15 is 4.39 Å². The lowest BCUT2D eigenvalue weighted by atomic mass is 9.65. The maximum Gasteiger partial charge on any atom is 0.206 e. The molecule has 5 aromatic carbocycles. The molecule has 0 bridgehead atoms. The Balaban J connectivity index is 1.37. The summed E-state index contributed by atoms with van der Waals surface area (Å²) in [5, 5.41) is 16.9. The SMILES string of the molecule is CC[C@@H](CC(=N)[C@H](C)CC)C(=N)C(=O)c1ccc(OCc2ccc(C(c3ccccc3)(c3ccccc3)c3ccccc3)cc2F)cc1. The van der Waals surface area contributed by atoms with Crippen LogP contribution in [0.3, 0.4) is 0 Å². The largest absolute Gasteiger partial charge is 0.489 e. The lowest BCUT2D eigenvalue weighted by Crippen LogP contribution is -2.31. The molecule has 0 spiro atoms. The van der Waals surface area contributed by atoms with Crippen LogP contribution in [0.1, 0.15) is 78.2 Å². The van der Waals surface area contributed by atoms with Crippen molar-refractivity contribution in [1.29, 1.82) is 10.8 Å².